The molecule has 8 heteroatoms. The first-order valence-corrected chi connectivity index (χ1v) is 9.88. The summed E-state index contributed by atoms with van der Waals surface area (Å²) in [4.78, 5) is 43.7. The number of aliphatic imine (C=N–C) groups is 1. The number of benzene rings is 2. The number of anilines is 1. The van der Waals surface area contributed by atoms with Gasteiger partial charge in [0, 0.05) is 24.7 Å². The Morgan fingerprint density at radius 1 is 1.16 bits per heavy atom. The van der Waals surface area contributed by atoms with E-state index in [1.54, 1.807) is 7.05 Å². The second kappa shape index (κ2) is 9.71. The number of fused-ring (bicyclic) bond motifs is 1. The van der Waals surface area contributed by atoms with E-state index >= 15 is 0 Å². The summed E-state index contributed by atoms with van der Waals surface area (Å²) in [6, 6.07) is 15.5. The largest absolute Gasteiger partial charge is 0.335 e. The Hall–Kier alpha value is -3.94. The molecule has 31 heavy (non-hydrogen) atoms. The summed E-state index contributed by atoms with van der Waals surface area (Å²) < 4.78 is 0. The van der Waals surface area contributed by atoms with Gasteiger partial charge in [0.25, 0.3) is 5.91 Å². The Morgan fingerprint density at radius 2 is 1.84 bits per heavy atom. The molecule has 0 aromatic heterocycles. The van der Waals surface area contributed by atoms with Crippen LogP contribution in [0.15, 0.2) is 72.2 Å². The average Bonchev–Trinajstić information content (AvgIpc) is 2.89. The van der Waals surface area contributed by atoms with Crippen molar-refractivity contribution < 1.29 is 14.4 Å². The summed E-state index contributed by atoms with van der Waals surface area (Å²) in [6.07, 6.45) is 0.391. The highest BCUT2D eigenvalue weighted by atomic mass is 16.2. The summed E-state index contributed by atoms with van der Waals surface area (Å²) >= 11 is 0. The molecule has 1 aliphatic heterocycles. The van der Waals surface area contributed by atoms with Crippen LogP contribution in [0, 0.1) is 0 Å². The minimum Gasteiger partial charge on any atom is -0.335 e. The Labute approximate surface area is 181 Å². The Kier molecular flexibility index (Phi) is 6.81. The molecule has 0 unspecified atom stereocenters. The van der Waals surface area contributed by atoms with Crippen molar-refractivity contribution in [1.29, 1.82) is 0 Å². The van der Waals surface area contributed by atoms with Gasteiger partial charge in [-0.25, -0.2) is 9.79 Å². The van der Waals surface area contributed by atoms with Crippen molar-refractivity contribution in [1.82, 2.24) is 16.0 Å². The third-order valence-corrected chi connectivity index (χ3v) is 4.82. The van der Waals surface area contributed by atoms with E-state index in [0.717, 1.165) is 11.1 Å². The van der Waals surface area contributed by atoms with Crippen molar-refractivity contribution in [3.05, 3.63) is 78.4 Å². The fourth-order valence-corrected chi connectivity index (χ4v) is 3.18. The SMILES string of the molecule is C=CCNC(=O)N[C@@H](C)C(=O)N[C@H]1N=C(c2ccccc2)c2ccccc2N(C)C1=O. The molecule has 1 aliphatic rings. The molecule has 4 amide bonds. The van der Waals surface area contributed by atoms with Gasteiger partial charge in [-0.15, -0.1) is 6.58 Å². The topological polar surface area (TPSA) is 103 Å². The number of likely N-dealkylation sites (N-methyl/N-ethyl adjacent to an activating group) is 1. The van der Waals surface area contributed by atoms with E-state index in [2.05, 4.69) is 27.5 Å². The molecular formula is C23H25N5O3. The van der Waals surface area contributed by atoms with Crippen LogP contribution in [-0.2, 0) is 9.59 Å². The van der Waals surface area contributed by atoms with Gasteiger partial charge in [-0.1, -0.05) is 54.6 Å². The first-order chi connectivity index (χ1) is 14.9. The standard InChI is InChI=1S/C23H25N5O3/c1-4-14-24-23(31)25-15(2)21(29)27-20-22(30)28(3)18-13-9-8-12-17(18)19(26-20)16-10-6-5-7-11-16/h4-13,15,20H,1,14H2,2-3H3,(H,27,29)(H2,24,25,31)/t15-,20+/m0/s1. The molecule has 0 fully saturated rings. The van der Waals surface area contributed by atoms with Crippen LogP contribution < -0.4 is 20.9 Å². The average molecular weight is 419 g/mol. The van der Waals surface area contributed by atoms with Crippen molar-refractivity contribution in [2.75, 3.05) is 18.5 Å². The van der Waals surface area contributed by atoms with E-state index < -0.39 is 24.1 Å². The third kappa shape index (κ3) is 4.98. The molecule has 0 bridgehead atoms. The number of nitrogens with one attached hydrogen (secondary N) is 3. The fraction of sp³-hybridized carbons (Fsp3) is 0.217. The van der Waals surface area contributed by atoms with Crippen LogP contribution in [0.25, 0.3) is 0 Å². The Balaban J connectivity index is 1.89. The number of para-hydroxylation sites is 1. The zero-order valence-corrected chi connectivity index (χ0v) is 17.5. The van der Waals surface area contributed by atoms with Gasteiger partial charge in [-0.3, -0.25) is 9.59 Å². The van der Waals surface area contributed by atoms with Gasteiger partial charge in [0.05, 0.1) is 11.4 Å². The molecule has 160 valence electrons. The monoisotopic (exact) mass is 419 g/mol. The fourth-order valence-electron chi connectivity index (χ4n) is 3.18. The van der Waals surface area contributed by atoms with E-state index in [4.69, 9.17) is 0 Å². The molecule has 3 rings (SSSR count). The van der Waals surface area contributed by atoms with E-state index in [9.17, 15) is 14.4 Å². The highest BCUT2D eigenvalue weighted by Crippen LogP contribution is 2.27. The van der Waals surface area contributed by atoms with Crippen molar-refractivity contribution in [2.45, 2.75) is 19.1 Å². The Morgan fingerprint density at radius 3 is 2.55 bits per heavy atom. The van der Waals surface area contributed by atoms with Crippen LogP contribution in [0.2, 0.25) is 0 Å². The number of nitrogens with zero attached hydrogens (tertiary/aromatic N) is 2. The van der Waals surface area contributed by atoms with Crippen molar-refractivity contribution >= 4 is 29.2 Å². The highest BCUT2D eigenvalue weighted by Gasteiger charge is 2.32. The number of urea groups is 1. The summed E-state index contributed by atoms with van der Waals surface area (Å²) in [5, 5.41) is 7.71. The number of amides is 4. The predicted molar refractivity (Wildman–Crippen MR) is 120 cm³/mol. The lowest BCUT2D eigenvalue weighted by Gasteiger charge is -2.22. The van der Waals surface area contributed by atoms with Crippen molar-refractivity contribution in [3.63, 3.8) is 0 Å². The molecule has 1 heterocycles. The first kappa shape index (κ1) is 21.8. The van der Waals surface area contributed by atoms with E-state index in [1.807, 2.05) is 54.6 Å². The molecule has 0 saturated heterocycles. The second-order valence-electron chi connectivity index (χ2n) is 7.03. The smallest absolute Gasteiger partial charge is 0.315 e. The van der Waals surface area contributed by atoms with Crippen LogP contribution >= 0.6 is 0 Å². The Bertz CT molecular complexity index is 1020. The highest BCUT2D eigenvalue weighted by molar-refractivity contribution is 6.20. The van der Waals surface area contributed by atoms with Gasteiger partial charge in [0.1, 0.15) is 6.04 Å². The number of benzodiazepines with no additional fused rings is 1. The van der Waals surface area contributed by atoms with Crippen molar-refractivity contribution in [2.24, 2.45) is 4.99 Å². The maximum atomic E-state index is 13.1. The number of rotatable bonds is 6. The summed E-state index contributed by atoms with van der Waals surface area (Å²) in [5.74, 6) is -0.905. The lowest BCUT2D eigenvalue weighted by Crippen LogP contribution is -2.53. The van der Waals surface area contributed by atoms with Gasteiger partial charge in [0.15, 0.2) is 0 Å². The van der Waals surface area contributed by atoms with Crippen LogP contribution in [0.3, 0.4) is 0 Å². The number of carbonyl (C=O) groups is 3. The van der Waals surface area contributed by atoms with E-state index in [0.29, 0.717) is 11.4 Å². The lowest BCUT2D eigenvalue weighted by molar-refractivity contribution is -0.128. The predicted octanol–water partition coefficient (Wildman–Crippen LogP) is 1.82. The molecule has 2 aromatic carbocycles. The summed E-state index contributed by atoms with van der Waals surface area (Å²) in [7, 11) is 1.65. The number of hydrogen-bond donors (Lipinski definition) is 3. The van der Waals surface area contributed by atoms with Crippen molar-refractivity contribution in [3.8, 4) is 0 Å². The zero-order chi connectivity index (χ0) is 22.4. The van der Waals surface area contributed by atoms with Crippen LogP contribution in [-0.4, -0.2) is 49.4 Å². The molecule has 2 atom stereocenters. The van der Waals surface area contributed by atoms with Gasteiger partial charge in [-0.2, -0.15) is 0 Å². The minimum absolute atomic E-state index is 0.273. The summed E-state index contributed by atoms with van der Waals surface area (Å²) in [6.45, 7) is 5.32. The number of carbonyl (C=O) groups excluding carboxylic acids is 3. The normalized spacial score (nSPS) is 16.3. The third-order valence-electron chi connectivity index (χ3n) is 4.82. The minimum atomic E-state index is -1.14. The molecule has 3 N–H and O–H groups in total. The van der Waals surface area contributed by atoms with Gasteiger partial charge >= 0.3 is 6.03 Å². The molecule has 8 nitrogen and oxygen atoms in total. The number of hydrogen-bond acceptors (Lipinski definition) is 4. The molecule has 0 aliphatic carbocycles. The lowest BCUT2D eigenvalue weighted by atomic mass is 10.0. The quantitative estimate of drug-likeness (QED) is 0.622. The van der Waals surface area contributed by atoms with Gasteiger partial charge < -0.3 is 20.9 Å². The molecule has 2 aromatic rings. The van der Waals surface area contributed by atoms with Crippen LogP contribution in [0.5, 0.6) is 0 Å². The first-order valence-electron chi connectivity index (χ1n) is 9.88. The molecule has 0 radical (unpaired) electrons. The molecule has 0 spiro atoms. The summed E-state index contributed by atoms with van der Waals surface area (Å²) in [5.41, 5.74) is 2.91. The van der Waals surface area contributed by atoms with Crippen LogP contribution in [0.1, 0.15) is 18.1 Å². The molecular weight excluding hydrogens is 394 g/mol. The van der Waals surface area contributed by atoms with E-state index in [-0.39, 0.29) is 12.5 Å². The maximum absolute atomic E-state index is 13.1. The van der Waals surface area contributed by atoms with E-state index in [1.165, 1.54) is 17.9 Å². The second-order valence-corrected chi connectivity index (χ2v) is 7.03. The van der Waals surface area contributed by atoms with Crippen LogP contribution in [0.4, 0.5) is 10.5 Å². The van der Waals surface area contributed by atoms with Gasteiger partial charge in [0.2, 0.25) is 12.1 Å². The maximum Gasteiger partial charge on any atom is 0.315 e. The van der Waals surface area contributed by atoms with Gasteiger partial charge in [-0.05, 0) is 13.0 Å². The zero-order valence-electron chi connectivity index (χ0n) is 17.5. The molecule has 0 saturated carbocycles.